The van der Waals surface area contributed by atoms with E-state index in [0.29, 0.717) is 22.3 Å². The molecule has 0 spiro atoms. The lowest BCUT2D eigenvalue weighted by atomic mass is 10.1. The third-order valence-electron chi connectivity index (χ3n) is 5.06. The lowest BCUT2D eigenvalue weighted by Crippen LogP contribution is -2.39. The van der Waals surface area contributed by atoms with Crippen molar-refractivity contribution in [1.82, 2.24) is 15.1 Å². The number of anilines is 1. The van der Waals surface area contributed by atoms with Gasteiger partial charge < -0.3 is 9.26 Å². The number of halogens is 1. The Morgan fingerprint density at radius 1 is 1.06 bits per heavy atom. The van der Waals surface area contributed by atoms with Gasteiger partial charge >= 0.3 is 0 Å². The average Bonchev–Trinajstić information content (AvgIpc) is 3.47. The Hall–Kier alpha value is -3.79. The van der Waals surface area contributed by atoms with Gasteiger partial charge in [-0.1, -0.05) is 22.0 Å². The van der Waals surface area contributed by atoms with E-state index in [-0.39, 0.29) is 12.4 Å². The molecule has 1 saturated heterocycles. The van der Waals surface area contributed by atoms with E-state index in [1.807, 2.05) is 0 Å². The first-order valence-electron chi connectivity index (χ1n) is 9.33. The lowest BCUT2D eigenvalue weighted by molar-refractivity contribution is -0.123. The predicted molar refractivity (Wildman–Crippen MR) is 108 cm³/mol. The van der Waals surface area contributed by atoms with Crippen molar-refractivity contribution in [2.24, 2.45) is 10.3 Å². The van der Waals surface area contributed by atoms with Crippen LogP contribution in [0.2, 0.25) is 5.02 Å². The van der Waals surface area contributed by atoms with Gasteiger partial charge in [-0.15, -0.1) is 0 Å². The van der Waals surface area contributed by atoms with Crippen molar-refractivity contribution in [3.05, 3.63) is 59.4 Å². The molecule has 0 N–H and O–H groups in total. The first-order valence-corrected chi connectivity index (χ1v) is 9.71. The number of carbonyl (C=O) groups excluding carboxylic acids is 2. The van der Waals surface area contributed by atoms with Gasteiger partial charge in [-0.25, -0.2) is 4.90 Å². The minimum absolute atomic E-state index is 0.0424. The molecule has 2 amide bonds. The number of benzene rings is 2. The normalized spacial score (nSPS) is 19.9. The van der Waals surface area contributed by atoms with Crippen LogP contribution >= 0.6 is 11.6 Å². The van der Waals surface area contributed by atoms with Gasteiger partial charge in [0.2, 0.25) is 11.7 Å². The molecular formula is C20H15ClN6O4. The molecule has 2 aliphatic rings. The highest BCUT2D eigenvalue weighted by molar-refractivity contribution is 6.30. The van der Waals surface area contributed by atoms with Crippen LogP contribution in [0, 0.1) is 0 Å². The molecule has 0 saturated carbocycles. The highest BCUT2D eigenvalue weighted by Gasteiger charge is 2.55. The SMILES string of the molecule is COc1ccc(N2C(=O)[C@@H]3N=NN(Cc4nc(-c5ccc(Cl)cc5)no4)[C@H]3C2=O)cc1. The van der Waals surface area contributed by atoms with Crippen molar-refractivity contribution in [2.45, 2.75) is 18.6 Å². The smallest absolute Gasteiger partial charge is 0.263 e. The van der Waals surface area contributed by atoms with Gasteiger partial charge in [0, 0.05) is 10.6 Å². The highest BCUT2D eigenvalue weighted by atomic mass is 35.5. The molecule has 0 bridgehead atoms. The summed E-state index contributed by atoms with van der Waals surface area (Å²) >= 11 is 5.90. The van der Waals surface area contributed by atoms with E-state index in [1.165, 1.54) is 5.01 Å². The molecule has 156 valence electrons. The van der Waals surface area contributed by atoms with Gasteiger partial charge in [-0.05, 0) is 48.5 Å². The first-order chi connectivity index (χ1) is 15.0. The maximum absolute atomic E-state index is 13.0. The second-order valence-electron chi connectivity index (χ2n) is 6.92. The van der Waals surface area contributed by atoms with Crippen LogP contribution in [0.4, 0.5) is 5.69 Å². The number of amides is 2. The zero-order chi connectivity index (χ0) is 21.5. The van der Waals surface area contributed by atoms with Crippen molar-refractivity contribution >= 4 is 29.1 Å². The van der Waals surface area contributed by atoms with Gasteiger partial charge in [0.05, 0.1) is 12.8 Å². The summed E-state index contributed by atoms with van der Waals surface area (Å²) in [6.07, 6.45) is 0. The second-order valence-corrected chi connectivity index (χ2v) is 7.36. The maximum Gasteiger partial charge on any atom is 0.263 e. The van der Waals surface area contributed by atoms with E-state index in [0.717, 1.165) is 10.5 Å². The van der Waals surface area contributed by atoms with Gasteiger partial charge in [-0.2, -0.15) is 10.1 Å². The molecule has 1 fully saturated rings. The quantitative estimate of drug-likeness (QED) is 0.562. The van der Waals surface area contributed by atoms with Crippen molar-refractivity contribution in [1.29, 1.82) is 0 Å². The lowest BCUT2D eigenvalue weighted by Gasteiger charge is -2.19. The minimum atomic E-state index is -0.909. The Morgan fingerprint density at radius 2 is 1.81 bits per heavy atom. The second kappa shape index (κ2) is 7.47. The minimum Gasteiger partial charge on any atom is -0.497 e. The third-order valence-corrected chi connectivity index (χ3v) is 5.31. The van der Waals surface area contributed by atoms with Crippen LogP contribution in [0.3, 0.4) is 0 Å². The van der Waals surface area contributed by atoms with Gasteiger partial charge in [-0.3, -0.25) is 14.6 Å². The highest BCUT2D eigenvalue weighted by Crippen LogP contribution is 2.33. The van der Waals surface area contributed by atoms with Crippen molar-refractivity contribution < 1.29 is 18.8 Å². The molecule has 11 heteroatoms. The fourth-order valence-corrected chi connectivity index (χ4v) is 3.64. The topological polar surface area (TPSA) is 113 Å². The molecule has 2 aliphatic heterocycles. The molecule has 31 heavy (non-hydrogen) atoms. The fraction of sp³-hybridized carbons (Fsp3) is 0.200. The van der Waals surface area contributed by atoms with Crippen LogP contribution in [0.5, 0.6) is 5.75 Å². The number of rotatable bonds is 5. The molecule has 2 aromatic carbocycles. The molecule has 5 rings (SSSR count). The molecule has 10 nitrogen and oxygen atoms in total. The largest absolute Gasteiger partial charge is 0.497 e. The van der Waals surface area contributed by atoms with E-state index in [9.17, 15) is 9.59 Å². The molecule has 2 atom stereocenters. The van der Waals surface area contributed by atoms with E-state index in [2.05, 4.69) is 20.5 Å². The summed E-state index contributed by atoms with van der Waals surface area (Å²) in [5, 5.41) is 13.9. The van der Waals surface area contributed by atoms with Crippen LogP contribution < -0.4 is 9.64 Å². The number of aromatic nitrogens is 2. The third kappa shape index (κ3) is 3.30. The molecule has 3 heterocycles. The van der Waals surface area contributed by atoms with E-state index < -0.39 is 23.9 Å². The summed E-state index contributed by atoms with van der Waals surface area (Å²) in [5.41, 5.74) is 1.18. The summed E-state index contributed by atoms with van der Waals surface area (Å²) in [6, 6.07) is 11.9. The number of fused-ring (bicyclic) bond motifs is 1. The zero-order valence-corrected chi connectivity index (χ0v) is 16.9. The summed E-state index contributed by atoms with van der Waals surface area (Å²) in [4.78, 5) is 31.3. The molecule has 0 aliphatic carbocycles. The number of hydrogen-bond donors (Lipinski definition) is 0. The fourth-order valence-electron chi connectivity index (χ4n) is 3.51. The van der Waals surface area contributed by atoms with Crippen LogP contribution in [0.25, 0.3) is 11.4 Å². The van der Waals surface area contributed by atoms with Crippen LogP contribution in [-0.2, 0) is 16.1 Å². The number of ether oxygens (including phenoxy) is 1. The number of imide groups is 1. The van der Waals surface area contributed by atoms with E-state index >= 15 is 0 Å². The molecule has 0 radical (unpaired) electrons. The maximum atomic E-state index is 13.0. The Kier molecular flexibility index (Phi) is 4.63. The van der Waals surface area contributed by atoms with Crippen LogP contribution in [0.1, 0.15) is 5.89 Å². The van der Waals surface area contributed by atoms with Gasteiger partial charge in [0.25, 0.3) is 11.8 Å². The molecular weight excluding hydrogens is 424 g/mol. The Morgan fingerprint density at radius 3 is 2.52 bits per heavy atom. The zero-order valence-electron chi connectivity index (χ0n) is 16.2. The Bertz CT molecular complexity index is 1180. The standard InChI is InChI=1S/C20H15ClN6O4/c1-30-14-8-6-13(7-9-14)27-19(28)16-17(20(27)29)26(25-23-16)10-15-22-18(24-31-15)11-2-4-12(21)5-3-11/h2-9,16-17H,10H2,1H3/t16-,17-/m1/s1. The number of carbonyl (C=O) groups is 2. The number of hydrogen-bond acceptors (Lipinski definition) is 9. The van der Waals surface area contributed by atoms with E-state index in [4.69, 9.17) is 20.9 Å². The molecule has 3 aromatic rings. The number of methoxy groups -OCH3 is 1. The summed E-state index contributed by atoms with van der Waals surface area (Å²) in [6.45, 7) is 0.0424. The van der Waals surface area contributed by atoms with Crippen molar-refractivity contribution in [3.8, 4) is 17.1 Å². The molecule has 0 unspecified atom stereocenters. The van der Waals surface area contributed by atoms with E-state index in [1.54, 1.807) is 55.6 Å². The summed E-state index contributed by atoms with van der Waals surface area (Å²) < 4.78 is 10.4. The first kappa shape index (κ1) is 19.2. The Balaban J connectivity index is 1.34. The summed E-state index contributed by atoms with van der Waals surface area (Å²) in [7, 11) is 1.54. The summed E-state index contributed by atoms with van der Waals surface area (Å²) in [5.74, 6) is 0.402. The molecule has 1 aromatic heterocycles. The van der Waals surface area contributed by atoms with Gasteiger partial charge in [0.15, 0.2) is 12.1 Å². The van der Waals surface area contributed by atoms with Crippen LogP contribution in [-0.4, -0.2) is 46.2 Å². The average molecular weight is 439 g/mol. The van der Waals surface area contributed by atoms with Crippen molar-refractivity contribution in [2.75, 3.05) is 12.0 Å². The van der Waals surface area contributed by atoms with Gasteiger partial charge in [0.1, 0.15) is 12.3 Å². The van der Waals surface area contributed by atoms with Crippen LogP contribution in [0.15, 0.2) is 63.4 Å². The number of nitrogens with zero attached hydrogens (tertiary/aromatic N) is 6. The predicted octanol–water partition coefficient (Wildman–Crippen LogP) is 2.89. The monoisotopic (exact) mass is 438 g/mol. The van der Waals surface area contributed by atoms with Crippen molar-refractivity contribution in [3.63, 3.8) is 0 Å². The Labute approximate surface area is 181 Å².